The van der Waals surface area contributed by atoms with Crippen LogP contribution in [-0.4, -0.2) is 48.4 Å². The van der Waals surface area contributed by atoms with Crippen LogP contribution in [0.25, 0.3) is 6.08 Å². The van der Waals surface area contributed by atoms with Crippen molar-refractivity contribution in [3.63, 3.8) is 0 Å². The molecule has 146 valence electrons. The van der Waals surface area contributed by atoms with Crippen molar-refractivity contribution in [1.82, 2.24) is 4.90 Å². The van der Waals surface area contributed by atoms with Gasteiger partial charge in [-0.05, 0) is 55.8 Å². The van der Waals surface area contributed by atoms with Crippen LogP contribution in [0.1, 0.15) is 32.8 Å². The van der Waals surface area contributed by atoms with Gasteiger partial charge in [0.05, 0.1) is 18.6 Å². The first kappa shape index (κ1) is 20.8. The smallest absolute Gasteiger partial charge is 0.343 e. The minimum Gasteiger partial charge on any atom is -0.490 e. The van der Waals surface area contributed by atoms with Gasteiger partial charge in [0.2, 0.25) is 0 Å². The maximum absolute atomic E-state index is 12.5. The zero-order valence-corrected chi connectivity index (χ0v) is 16.6. The van der Waals surface area contributed by atoms with E-state index in [4.69, 9.17) is 9.47 Å². The molecule has 0 saturated carbocycles. The number of amides is 2. The predicted octanol–water partition coefficient (Wildman–Crippen LogP) is 3.47. The minimum atomic E-state index is -0.500. The van der Waals surface area contributed by atoms with E-state index in [-0.39, 0.29) is 23.8 Å². The van der Waals surface area contributed by atoms with Crippen molar-refractivity contribution in [2.75, 3.05) is 20.3 Å². The van der Waals surface area contributed by atoms with Crippen LogP contribution in [0.2, 0.25) is 0 Å². The van der Waals surface area contributed by atoms with Crippen molar-refractivity contribution in [3.05, 3.63) is 28.7 Å². The number of ether oxygens (including phenoxy) is 3. The van der Waals surface area contributed by atoms with Gasteiger partial charge in [-0.3, -0.25) is 14.5 Å². The molecule has 2 rings (SSSR count). The summed E-state index contributed by atoms with van der Waals surface area (Å²) in [5.74, 6) is 0.0481. The summed E-state index contributed by atoms with van der Waals surface area (Å²) in [5.41, 5.74) is 0.693. The van der Waals surface area contributed by atoms with Gasteiger partial charge in [-0.25, -0.2) is 4.79 Å². The second-order valence-corrected chi connectivity index (χ2v) is 6.81. The molecule has 2 amide bonds. The van der Waals surface area contributed by atoms with Gasteiger partial charge in [-0.2, -0.15) is 0 Å². The lowest BCUT2D eigenvalue weighted by atomic mass is 10.1. The number of methoxy groups -OCH3 is 1. The molecule has 0 aromatic heterocycles. The summed E-state index contributed by atoms with van der Waals surface area (Å²) in [7, 11) is 1.28. The summed E-state index contributed by atoms with van der Waals surface area (Å²) >= 11 is 0.926. The Bertz CT molecular complexity index is 761. The van der Waals surface area contributed by atoms with Crippen molar-refractivity contribution < 1.29 is 28.6 Å². The maximum Gasteiger partial charge on any atom is 0.343 e. The van der Waals surface area contributed by atoms with Gasteiger partial charge in [-0.15, -0.1) is 0 Å². The summed E-state index contributed by atoms with van der Waals surface area (Å²) in [6.45, 7) is 5.78. The van der Waals surface area contributed by atoms with Crippen LogP contribution in [0.5, 0.6) is 11.5 Å². The normalized spacial score (nSPS) is 16.6. The first-order valence-electron chi connectivity index (χ1n) is 8.64. The number of thioether (sulfide) groups is 1. The molecule has 1 aromatic rings. The van der Waals surface area contributed by atoms with Gasteiger partial charge in [0.15, 0.2) is 18.1 Å². The van der Waals surface area contributed by atoms with E-state index >= 15 is 0 Å². The average Bonchev–Trinajstić information content (AvgIpc) is 2.93. The number of carbonyl (C=O) groups excluding carboxylic acids is 3. The third-order valence-corrected chi connectivity index (χ3v) is 4.88. The molecule has 1 atom stereocenters. The number of imide groups is 1. The van der Waals surface area contributed by atoms with Gasteiger partial charge in [-0.1, -0.05) is 13.0 Å². The van der Waals surface area contributed by atoms with E-state index in [0.717, 1.165) is 11.8 Å². The number of esters is 1. The van der Waals surface area contributed by atoms with Crippen LogP contribution in [-0.2, 0) is 14.3 Å². The van der Waals surface area contributed by atoms with Gasteiger partial charge in [0.25, 0.3) is 11.1 Å². The van der Waals surface area contributed by atoms with E-state index in [2.05, 4.69) is 4.74 Å². The Hall–Kier alpha value is -2.48. The zero-order valence-electron chi connectivity index (χ0n) is 15.8. The lowest BCUT2D eigenvalue weighted by Crippen LogP contribution is -2.36. The van der Waals surface area contributed by atoms with E-state index < -0.39 is 5.97 Å². The van der Waals surface area contributed by atoms with E-state index in [1.807, 2.05) is 20.8 Å². The summed E-state index contributed by atoms with van der Waals surface area (Å²) < 4.78 is 15.5. The SMILES string of the molecule is CCOc1cc(/C=C2/SC(=O)N([C@H](C)CC)C2=O)ccc1OCC(=O)OC. The van der Waals surface area contributed by atoms with Crippen LogP contribution in [0.3, 0.4) is 0 Å². The number of nitrogens with zero attached hydrogens (tertiary/aromatic N) is 1. The Morgan fingerprint density at radius 1 is 1.22 bits per heavy atom. The fourth-order valence-corrected chi connectivity index (χ4v) is 3.32. The fraction of sp³-hybridized carbons (Fsp3) is 0.421. The molecule has 1 aliphatic heterocycles. The van der Waals surface area contributed by atoms with Crippen LogP contribution in [0.4, 0.5) is 4.79 Å². The second-order valence-electron chi connectivity index (χ2n) is 5.81. The monoisotopic (exact) mass is 393 g/mol. The highest BCUT2D eigenvalue weighted by Gasteiger charge is 2.37. The molecular formula is C19H23NO6S. The molecule has 1 heterocycles. The predicted molar refractivity (Wildman–Crippen MR) is 103 cm³/mol. The molecular weight excluding hydrogens is 370 g/mol. The van der Waals surface area contributed by atoms with Gasteiger partial charge < -0.3 is 14.2 Å². The highest BCUT2D eigenvalue weighted by molar-refractivity contribution is 8.18. The Morgan fingerprint density at radius 2 is 1.96 bits per heavy atom. The Balaban J connectivity index is 2.24. The van der Waals surface area contributed by atoms with Gasteiger partial charge in [0, 0.05) is 6.04 Å². The largest absolute Gasteiger partial charge is 0.490 e. The summed E-state index contributed by atoms with van der Waals surface area (Å²) in [5, 5.41) is -0.260. The van der Waals surface area contributed by atoms with E-state index in [0.29, 0.717) is 35.0 Å². The third-order valence-electron chi connectivity index (χ3n) is 3.99. The van der Waals surface area contributed by atoms with Crippen molar-refractivity contribution in [2.45, 2.75) is 33.2 Å². The minimum absolute atomic E-state index is 0.142. The molecule has 0 spiro atoms. The van der Waals surface area contributed by atoms with Crippen molar-refractivity contribution in [2.24, 2.45) is 0 Å². The summed E-state index contributed by atoms with van der Waals surface area (Å²) in [6, 6.07) is 4.94. The van der Waals surface area contributed by atoms with Crippen LogP contribution < -0.4 is 9.47 Å². The number of hydrogen-bond donors (Lipinski definition) is 0. The molecule has 7 nitrogen and oxygen atoms in total. The lowest BCUT2D eigenvalue weighted by Gasteiger charge is -2.19. The molecule has 27 heavy (non-hydrogen) atoms. The summed E-state index contributed by atoms with van der Waals surface area (Å²) in [6.07, 6.45) is 2.35. The maximum atomic E-state index is 12.5. The summed E-state index contributed by atoms with van der Waals surface area (Å²) in [4.78, 5) is 37.5. The molecule has 1 aliphatic rings. The van der Waals surface area contributed by atoms with E-state index in [1.165, 1.54) is 12.0 Å². The van der Waals surface area contributed by atoms with E-state index in [1.54, 1.807) is 24.3 Å². The van der Waals surface area contributed by atoms with Gasteiger partial charge >= 0.3 is 5.97 Å². The molecule has 0 unspecified atom stereocenters. The molecule has 1 aromatic carbocycles. The van der Waals surface area contributed by atoms with E-state index in [9.17, 15) is 14.4 Å². The number of carbonyl (C=O) groups is 3. The molecule has 1 fully saturated rings. The first-order valence-corrected chi connectivity index (χ1v) is 9.46. The lowest BCUT2D eigenvalue weighted by molar-refractivity contribution is -0.143. The number of hydrogen-bond acceptors (Lipinski definition) is 7. The van der Waals surface area contributed by atoms with Crippen LogP contribution in [0, 0.1) is 0 Å². The first-order chi connectivity index (χ1) is 12.9. The van der Waals surface area contributed by atoms with Crippen molar-refractivity contribution in [1.29, 1.82) is 0 Å². The van der Waals surface area contributed by atoms with Gasteiger partial charge in [0.1, 0.15) is 0 Å². The Labute approximate surface area is 162 Å². The Morgan fingerprint density at radius 3 is 2.59 bits per heavy atom. The fourth-order valence-electron chi connectivity index (χ4n) is 2.39. The molecule has 0 radical (unpaired) electrons. The highest BCUT2D eigenvalue weighted by atomic mass is 32.2. The van der Waals surface area contributed by atoms with Crippen molar-refractivity contribution in [3.8, 4) is 11.5 Å². The number of benzene rings is 1. The topological polar surface area (TPSA) is 82.1 Å². The average molecular weight is 393 g/mol. The Kier molecular flexibility index (Phi) is 7.29. The van der Waals surface area contributed by atoms with Crippen LogP contribution >= 0.6 is 11.8 Å². The number of rotatable bonds is 8. The quantitative estimate of drug-likeness (QED) is 0.494. The standard InChI is InChI=1S/C19H23NO6S/c1-5-12(3)20-18(22)16(27-19(20)23)10-13-7-8-14(15(9-13)25-6-2)26-11-17(21)24-4/h7-10,12H,5-6,11H2,1-4H3/b16-10+/t12-/m1/s1. The highest BCUT2D eigenvalue weighted by Crippen LogP contribution is 2.36. The third kappa shape index (κ3) is 5.03. The molecule has 8 heteroatoms. The second kappa shape index (κ2) is 9.45. The molecule has 0 aliphatic carbocycles. The molecule has 0 bridgehead atoms. The zero-order chi connectivity index (χ0) is 20.0. The van der Waals surface area contributed by atoms with Crippen molar-refractivity contribution >= 4 is 35.0 Å². The molecule has 1 saturated heterocycles. The van der Waals surface area contributed by atoms with Crippen LogP contribution in [0.15, 0.2) is 23.1 Å². The molecule has 0 N–H and O–H groups in total.